The van der Waals surface area contributed by atoms with E-state index in [1.165, 1.54) is 27.6 Å². The molecule has 7 heavy (non-hydrogen) atoms. The van der Waals surface area contributed by atoms with E-state index in [1.807, 2.05) is 0 Å². The molecule has 1 rings (SSSR count). The SMILES string of the molecule is SC[C@H]1CCCP1. The molecule has 42 valence electrons. The molecule has 1 aliphatic rings. The predicted octanol–water partition coefficient (Wildman–Crippen LogP) is 1.76. The molecule has 0 radical (unpaired) electrons. The molecule has 1 saturated heterocycles. The van der Waals surface area contributed by atoms with Crippen LogP contribution in [0.1, 0.15) is 12.8 Å². The van der Waals surface area contributed by atoms with E-state index in [0.717, 1.165) is 11.4 Å². The standard InChI is InChI=1S/C5H11PS/c7-4-5-2-1-3-6-5/h5-7H,1-4H2/t5-/m1/s1. The maximum Gasteiger partial charge on any atom is -0.00324 e. The Morgan fingerprint density at radius 1 is 1.71 bits per heavy atom. The first-order valence-corrected chi connectivity index (χ1v) is 4.69. The quantitative estimate of drug-likeness (QED) is 0.410. The lowest BCUT2D eigenvalue weighted by Crippen LogP contribution is -1.93. The second-order valence-corrected chi connectivity index (χ2v) is 4.07. The molecule has 1 aliphatic heterocycles. The van der Waals surface area contributed by atoms with Crippen LogP contribution in [0.4, 0.5) is 0 Å². The average Bonchev–Trinajstić information content (AvgIpc) is 2.14. The molecule has 0 aromatic heterocycles. The smallest absolute Gasteiger partial charge is 0.00324 e. The fourth-order valence-corrected chi connectivity index (χ4v) is 2.84. The fraction of sp³-hybridized carbons (Fsp3) is 1.00. The fourth-order valence-electron chi connectivity index (χ4n) is 0.913. The molecule has 0 bridgehead atoms. The lowest BCUT2D eigenvalue weighted by molar-refractivity contribution is 0.845. The minimum atomic E-state index is 0.989. The molecule has 0 aromatic rings. The summed E-state index contributed by atoms with van der Waals surface area (Å²) < 4.78 is 0. The Balaban J connectivity index is 2.14. The highest BCUT2D eigenvalue weighted by atomic mass is 32.1. The van der Waals surface area contributed by atoms with E-state index in [2.05, 4.69) is 12.6 Å². The van der Waals surface area contributed by atoms with E-state index in [1.54, 1.807) is 0 Å². The van der Waals surface area contributed by atoms with E-state index in [-0.39, 0.29) is 0 Å². The van der Waals surface area contributed by atoms with Gasteiger partial charge in [-0.05, 0) is 30.4 Å². The van der Waals surface area contributed by atoms with Crippen LogP contribution in [-0.4, -0.2) is 17.6 Å². The summed E-state index contributed by atoms with van der Waals surface area (Å²) >= 11 is 4.22. The van der Waals surface area contributed by atoms with Gasteiger partial charge < -0.3 is 0 Å². The molecule has 0 spiro atoms. The van der Waals surface area contributed by atoms with Gasteiger partial charge in [0.25, 0.3) is 0 Å². The Bertz CT molecular complexity index is 50.0. The van der Waals surface area contributed by atoms with E-state index >= 15 is 0 Å². The van der Waals surface area contributed by atoms with Crippen molar-refractivity contribution in [3.05, 3.63) is 0 Å². The first-order valence-electron chi connectivity index (χ1n) is 2.77. The van der Waals surface area contributed by atoms with Crippen LogP contribution in [0.25, 0.3) is 0 Å². The third kappa shape index (κ3) is 1.62. The lowest BCUT2D eigenvalue weighted by atomic mass is 10.3. The molecular formula is C5H11PS. The molecule has 0 N–H and O–H groups in total. The zero-order chi connectivity index (χ0) is 5.11. The van der Waals surface area contributed by atoms with Gasteiger partial charge in [0.05, 0.1) is 0 Å². The minimum absolute atomic E-state index is 0.989. The van der Waals surface area contributed by atoms with E-state index < -0.39 is 0 Å². The molecule has 1 fully saturated rings. The molecule has 2 atom stereocenters. The third-order valence-electron chi connectivity index (χ3n) is 1.38. The summed E-state index contributed by atoms with van der Waals surface area (Å²) in [7, 11) is 1.22. The van der Waals surface area contributed by atoms with Crippen LogP contribution in [0.2, 0.25) is 0 Å². The number of hydrogen-bond acceptors (Lipinski definition) is 1. The Hall–Kier alpha value is 0.780. The summed E-state index contributed by atoms with van der Waals surface area (Å²) in [6.45, 7) is 0. The van der Waals surface area contributed by atoms with Crippen molar-refractivity contribution >= 4 is 21.2 Å². The first kappa shape index (κ1) is 5.91. The van der Waals surface area contributed by atoms with Gasteiger partial charge in [-0.2, -0.15) is 12.6 Å². The van der Waals surface area contributed by atoms with Crippen molar-refractivity contribution in [2.24, 2.45) is 0 Å². The Morgan fingerprint density at radius 3 is 2.86 bits per heavy atom. The number of rotatable bonds is 1. The van der Waals surface area contributed by atoms with E-state index in [0.29, 0.717) is 0 Å². The van der Waals surface area contributed by atoms with E-state index in [9.17, 15) is 0 Å². The highest BCUT2D eigenvalue weighted by Gasteiger charge is 2.11. The van der Waals surface area contributed by atoms with Crippen molar-refractivity contribution in [3.63, 3.8) is 0 Å². The van der Waals surface area contributed by atoms with Gasteiger partial charge in [-0.25, -0.2) is 0 Å². The van der Waals surface area contributed by atoms with Crippen LogP contribution in [-0.2, 0) is 0 Å². The van der Waals surface area contributed by atoms with Crippen molar-refractivity contribution in [2.45, 2.75) is 18.5 Å². The largest absolute Gasteiger partial charge is 0.179 e. The van der Waals surface area contributed by atoms with Gasteiger partial charge in [0.1, 0.15) is 0 Å². The van der Waals surface area contributed by atoms with Crippen LogP contribution in [0.3, 0.4) is 0 Å². The molecule has 0 saturated carbocycles. The van der Waals surface area contributed by atoms with Crippen LogP contribution in [0.15, 0.2) is 0 Å². The second kappa shape index (κ2) is 2.94. The van der Waals surface area contributed by atoms with Gasteiger partial charge >= 0.3 is 0 Å². The van der Waals surface area contributed by atoms with Crippen LogP contribution in [0, 0.1) is 0 Å². The third-order valence-corrected chi connectivity index (χ3v) is 3.88. The molecule has 2 heteroatoms. The summed E-state index contributed by atoms with van der Waals surface area (Å²) in [6, 6.07) is 0. The van der Waals surface area contributed by atoms with Crippen molar-refractivity contribution in [3.8, 4) is 0 Å². The zero-order valence-corrected chi connectivity index (χ0v) is 6.25. The first-order chi connectivity index (χ1) is 3.43. The Labute approximate surface area is 52.3 Å². The summed E-state index contributed by atoms with van der Waals surface area (Å²) in [5.74, 6) is 1.12. The molecule has 0 aromatic carbocycles. The maximum atomic E-state index is 4.22. The number of hydrogen-bond donors (Lipinski definition) is 1. The summed E-state index contributed by atoms with van der Waals surface area (Å²) in [4.78, 5) is 0. The maximum absolute atomic E-state index is 4.22. The van der Waals surface area contributed by atoms with Gasteiger partial charge in [0, 0.05) is 0 Å². The van der Waals surface area contributed by atoms with Gasteiger partial charge in [-0.1, -0.05) is 0 Å². The summed E-state index contributed by atoms with van der Waals surface area (Å²) in [5.41, 5.74) is 0.989. The predicted molar refractivity (Wildman–Crippen MR) is 40.1 cm³/mol. The second-order valence-electron chi connectivity index (χ2n) is 1.98. The molecule has 0 amide bonds. The molecule has 0 nitrogen and oxygen atoms in total. The molecular weight excluding hydrogens is 123 g/mol. The number of thiol groups is 1. The van der Waals surface area contributed by atoms with Crippen molar-refractivity contribution in [1.29, 1.82) is 0 Å². The summed E-state index contributed by atoms with van der Waals surface area (Å²) in [5, 5.41) is 0. The van der Waals surface area contributed by atoms with Gasteiger partial charge in [-0.15, -0.1) is 8.58 Å². The minimum Gasteiger partial charge on any atom is -0.179 e. The Kier molecular flexibility index (Phi) is 2.48. The summed E-state index contributed by atoms with van der Waals surface area (Å²) in [6.07, 6.45) is 4.39. The molecule has 1 heterocycles. The normalized spacial score (nSPS) is 34.7. The van der Waals surface area contributed by atoms with Crippen LogP contribution in [0.5, 0.6) is 0 Å². The average molecular weight is 134 g/mol. The van der Waals surface area contributed by atoms with Crippen molar-refractivity contribution < 1.29 is 0 Å². The highest BCUT2D eigenvalue weighted by Crippen LogP contribution is 2.32. The van der Waals surface area contributed by atoms with Gasteiger partial charge in [0.2, 0.25) is 0 Å². The monoisotopic (exact) mass is 134 g/mol. The molecule has 0 aliphatic carbocycles. The topological polar surface area (TPSA) is 0 Å². The highest BCUT2D eigenvalue weighted by molar-refractivity contribution is 7.80. The molecule has 1 unspecified atom stereocenters. The van der Waals surface area contributed by atoms with Crippen molar-refractivity contribution in [1.82, 2.24) is 0 Å². The van der Waals surface area contributed by atoms with Gasteiger partial charge in [0.15, 0.2) is 0 Å². The van der Waals surface area contributed by atoms with Crippen LogP contribution >= 0.6 is 21.2 Å². The van der Waals surface area contributed by atoms with Crippen molar-refractivity contribution in [2.75, 3.05) is 11.9 Å². The van der Waals surface area contributed by atoms with Crippen LogP contribution < -0.4 is 0 Å². The van der Waals surface area contributed by atoms with E-state index in [4.69, 9.17) is 0 Å². The zero-order valence-electron chi connectivity index (χ0n) is 4.35. The van der Waals surface area contributed by atoms with Gasteiger partial charge in [-0.3, -0.25) is 0 Å². The lowest BCUT2D eigenvalue weighted by Gasteiger charge is -1.99. The Morgan fingerprint density at radius 2 is 2.57 bits per heavy atom.